The first-order valence-corrected chi connectivity index (χ1v) is 4.98. The molecule has 0 bridgehead atoms. The van der Waals surface area contributed by atoms with E-state index in [1.54, 1.807) is 0 Å². The molecular weight excluding hydrogens is 304 g/mol. The lowest BCUT2D eigenvalue weighted by molar-refractivity contribution is -0.145. The van der Waals surface area contributed by atoms with E-state index in [4.69, 9.17) is 0 Å². The first kappa shape index (κ1) is 13.3. The van der Waals surface area contributed by atoms with Gasteiger partial charge >= 0.3 is 12.4 Å². The third-order valence-corrected chi connectivity index (χ3v) is 2.21. The van der Waals surface area contributed by atoms with Gasteiger partial charge in [-0.05, 0) is 12.1 Å². The van der Waals surface area contributed by atoms with Crippen LogP contribution in [0.25, 0.3) is 0 Å². The average molecular weight is 308 g/mol. The van der Waals surface area contributed by atoms with Crippen LogP contribution in [0.15, 0.2) is 12.1 Å². The van der Waals surface area contributed by atoms with Gasteiger partial charge in [0.2, 0.25) is 0 Å². The fraction of sp³-hybridized carbons (Fsp3) is 0.375. The Labute approximate surface area is 94.6 Å². The van der Waals surface area contributed by atoms with Gasteiger partial charge in [0.05, 0.1) is 11.3 Å². The summed E-state index contributed by atoms with van der Waals surface area (Å²) in [5.41, 5.74) is -3.22. The van der Waals surface area contributed by atoms with E-state index in [0.717, 1.165) is 0 Å². The Hall–Kier alpha value is -0.790. The highest BCUT2D eigenvalue weighted by Crippen LogP contribution is 2.34. The van der Waals surface area contributed by atoms with Crippen molar-refractivity contribution in [3.8, 4) is 0 Å². The van der Waals surface area contributed by atoms with Gasteiger partial charge in [0.15, 0.2) is 0 Å². The molecule has 1 aromatic heterocycles. The van der Waals surface area contributed by atoms with Crippen LogP contribution in [0, 0.1) is 0 Å². The van der Waals surface area contributed by atoms with Crippen molar-refractivity contribution in [2.45, 2.75) is 17.7 Å². The van der Waals surface area contributed by atoms with Gasteiger partial charge in [0.25, 0.3) is 0 Å². The van der Waals surface area contributed by atoms with Crippen LogP contribution in [-0.4, -0.2) is 4.98 Å². The van der Waals surface area contributed by atoms with E-state index < -0.39 is 23.6 Å². The second-order valence-electron chi connectivity index (χ2n) is 2.86. The molecule has 1 rings (SSSR count). The molecule has 0 saturated carbocycles. The van der Waals surface area contributed by atoms with Crippen LogP contribution >= 0.6 is 15.9 Å². The minimum atomic E-state index is -4.89. The molecule has 16 heavy (non-hydrogen) atoms. The Balaban J connectivity index is 3.33. The average Bonchev–Trinajstić information content (AvgIpc) is 2.14. The Kier molecular flexibility index (Phi) is 3.51. The summed E-state index contributed by atoms with van der Waals surface area (Å²) in [7, 11) is 0. The van der Waals surface area contributed by atoms with Gasteiger partial charge < -0.3 is 0 Å². The minimum absolute atomic E-state index is 0.00778. The normalized spacial score (nSPS) is 12.9. The van der Waals surface area contributed by atoms with Crippen LogP contribution in [0.2, 0.25) is 0 Å². The smallest absolute Gasteiger partial charge is 0.247 e. The molecule has 0 aliphatic heterocycles. The van der Waals surface area contributed by atoms with Gasteiger partial charge in [0, 0.05) is 5.33 Å². The number of aromatic nitrogens is 1. The van der Waals surface area contributed by atoms with Gasteiger partial charge in [-0.2, -0.15) is 26.3 Å². The predicted octanol–water partition coefficient (Wildman–Crippen LogP) is 4.01. The van der Waals surface area contributed by atoms with Crippen LogP contribution in [0.1, 0.15) is 17.0 Å². The Morgan fingerprint density at radius 1 is 1.00 bits per heavy atom. The van der Waals surface area contributed by atoms with E-state index in [-0.39, 0.29) is 17.1 Å². The number of nitrogens with zero attached hydrogens (tertiary/aromatic N) is 1. The number of alkyl halides is 7. The maximum absolute atomic E-state index is 12.3. The number of hydrogen-bond acceptors (Lipinski definition) is 1. The van der Waals surface area contributed by atoms with Crippen molar-refractivity contribution in [1.29, 1.82) is 0 Å². The van der Waals surface area contributed by atoms with Crippen LogP contribution in [0.5, 0.6) is 0 Å². The highest BCUT2D eigenvalue weighted by atomic mass is 79.9. The molecule has 0 fully saturated rings. The zero-order chi connectivity index (χ0) is 12.6. The molecule has 0 amide bonds. The second kappa shape index (κ2) is 4.23. The topological polar surface area (TPSA) is 12.9 Å². The van der Waals surface area contributed by atoms with Gasteiger partial charge in [0.1, 0.15) is 5.69 Å². The monoisotopic (exact) mass is 307 g/mol. The molecule has 1 nitrogen and oxygen atoms in total. The summed E-state index contributed by atoms with van der Waals surface area (Å²) in [6.45, 7) is 0. The minimum Gasteiger partial charge on any atom is -0.247 e. The highest BCUT2D eigenvalue weighted by molar-refractivity contribution is 9.08. The third-order valence-electron chi connectivity index (χ3n) is 1.63. The number of rotatable bonds is 1. The van der Waals surface area contributed by atoms with E-state index in [0.29, 0.717) is 6.07 Å². The first-order chi connectivity index (χ1) is 7.14. The third kappa shape index (κ3) is 3.10. The molecule has 8 heteroatoms. The molecule has 0 aliphatic rings. The Morgan fingerprint density at radius 2 is 1.56 bits per heavy atom. The molecule has 90 valence electrons. The van der Waals surface area contributed by atoms with Gasteiger partial charge in [-0.25, -0.2) is 4.98 Å². The van der Waals surface area contributed by atoms with Gasteiger partial charge in [-0.15, -0.1) is 0 Å². The predicted molar refractivity (Wildman–Crippen MR) is 46.9 cm³/mol. The molecule has 0 atom stereocenters. The van der Waals surface area contributed by atoms with E-state index >= 15 is 0 Å². The van der Waals surface area contributed by atoms with Crippen molar-refractivity contribution in [2.75, 3.05) is 0 Å². The molecule has 1 aromatic rings. The first-order valence-electron chi connectivity index (χ1n) is 3.86. The molecular formula is C8H4BrF6N. The lowest BCUT2D eigenvalue weighted by atomic mass is 10.2. The molecule has 1 heterocycles. The summed E-state index contributed by atoms with van der Waals surface area (Å²) in [6.07, 6.45) is -9.71. The summed E-state index contributed by atoms with van der Waals surface area (Å²) in [5.74, 6) is 0. The standard InChI is InChI=1S/C8H4BrF6N/c9-3-5-1-4(7(10,11)12)2-6(16-5)8(13,14)15/h1-2H,3H2. The molecule has 0 spiro atoms. The lowest BCUT2D eigenvalue weighted by Crippen LogP contribution is -2.14. The summed E-state index contributed by atoms with van der Waals surface area (Å²) in [4.78, 5) is 3.06. The summed E-state index contributed by atoms with van der Waals surface area (Å²) < 4.78 is 73.5. The summed E-state index contributed by atoms with van der Waals surface area (Å²) >= 11 is 2.76. The number of pyridine rings is 1. The molecule has 0 aromatic carbocycles. The van der Waals surface area contributed by atoms with Crippen LogP contribution in [0.3, 0.4) is 0 Å². The van der Waals surface area contributed by atoms with E-state index in [1.165, 1.54) is 0 Å². The molecule has 0 saturated heterocycles. The largest absolute Gasteiger partial charge is 0.433 e. The number of halogens is 7. The molecule has 0 N–H and O–H groups in total. The fourth-order valence-corrected chi connectivity index (χ4v) is 1.25. The van der Waals surface area contributed by atoms with E-state index in [2.05, 4.69) is 20.9 Å². The lowest BCUT2D eigenvalue weighted by Gasteiger charge is -2.12. The maximum atomic E-state index is 12.3. The number of hydrogen-bond donors (Lipinski definition) is 0. The van der Waals surface area contributed by atoms with Crippen molar-refractivity contribution < 1.29 is 26.3 Å². The Morgan fingerprint density at radius 3 is 1.94 bits per heavy atom. The van der Waals surface area contributed by atoms with Crippen molar-refractivity contribution in [3.05, 3.63) is 29.1 Å². The zero-order valence-electron chi connectivity index (χ0n) is 7.45. The van der Waals surface area contributed by atoms with E-state index in [1.807, 2.05) is 0 Å². The molecule has 0 aliphatic carbocycles. The Bertz CT molecular complexity index is 351. The highest BCUT2D eigenvalue weighted by Gasteiger charge is 2.38. The zero-order valence-corrected chi connectivity index (χ0v) is 9.04. The van der Waals surface area contributed by atoms with Crippen molar-refractivity contribution in [3.63, 3.8) is 0 Å². The molecule has 0 unspecified atom stereocenters. The molecule has 0 radical (unpaired) electrons. The van der Waals surface area contributed by atoms with E-state index in [9.17, 15) is 26.3 Å². The maximum Gasteiger partial charge on any atom is 0.433 e. The van der Waals surface area contributed by atoms with Crippen molar-refractivity contribution >= 4 is 15.9 Å². The van der Waals surface area contributed by atoms with Crippen molar-refractivity contribution in [2.24, 2.45) is 0 Å². The summed E-state index contributed by atoms with van der Waals surface area (Å²) in [5, 5.41) is -0.181. The quantitative estimate of drug-likeness (QED) is 0.564. The van der Waals surface area contributed by atoms with Crippen LogP contribution in [0.4, 0.5) is 26.3 Å². The van der Waals surface area contributed by atoms with Crippen LogP contribution in [-0.2, 0) is 17.7 Å². The van der Waals surface area contributed by atoms with Gasteiger partial charge in [-0.3, -0.25) is 0 Å². The SMILES string of the molecule is FC(F)(F)c1cc(CBr)nc(C(F)(F)F)c1. The van der Waals surface area contributed by atoms with Crippen molar-refractivity contribution in [1.82, 2.24) is 4.98 Å². The summed E-state index contributed by atoms with van der Waals surface area (Å²) in [6, 6.07) is 0.566. The second-order valence-corrected chi connectivity index (χ2v) is 3.42. The fourth-order valence-electron chi connectivity index (χ4n) is 0.965. The van der Waals surface area contributed by atoms with Crippen LogP contribution < -0.4 is 0 Å². The van der Waals surface area contributed by atoms with Gasteiger partial charge in [-0.1, -0.05) is 15.9 Å².